The molecule has 1 aliphatic rings. The highest BCUT2D eigenvalue weighted by Crippen LogP contribution is 2.24. The van der Waals surface area contributed by atoms with Gasteiger partial charge in [-0.1, -0.05) is 55.5 Å². The number of carbonyl (C=O) groups is 2. The maximum Gasteiger partial charge on any atom is 0.228 e. The fourth-order valence-corrected chi connectivity index (χ4v) is 3.90. The van der Waals surface area contributed by atoms with Crippen molar-refractivity contribution in [2.24, 2.45) is 0 Å². The summed E-state index contributed by atoms with van der Waals surface area (Å²) in [7, 11) is 0. The largest absolute Gasteiger partial charge is 0.338 e. The second-order valence-corrected chi connectivity index (χ2v) is 7.27. The van der Waals surface area contributed by atoms with Crippen molar-refractivity contribution >= 4 is 28.3 Å². The Hall–Kier alpha value is -3.14. The summed E-state index contributed by atoms with van der Waals surface area (Å²) in [6.45, 7) is 3.28. The van der Waals surface area contributed by atoms with E-state index in [-0.39, 0.29) is 11.8 Å². The van der Waals surface area contributed by atoms with E-state index in [4.69, 9.17) is 0 Å². The van der Waals surface area contributed by atoms with E-state index in [9.17, 15) is 9.59 Å². The van der Waals surface area contributed by atoms with Crippen LogP contribution in [0.3, 0.4) is 0 Å². The van der Waals surface area contributed by atoms with E-state index in [2.05, 4.69) is 29.6 Å². The molecule has 0 saturated carbocycles. The van der Waals surface area contributed by atoms with Crippen molar-refractivity contribution in [3.05, 3.63) is 77.4 Å². The maximum absolute atomic E-state index is 12.6. The zero-order valence-corrected chi connectivity index (χ0v) is 16.1. The average molecular weight is 372 g/mol. The Labute approximate surface area is 165 Å². The zero-order valence-electron chi connectivity index (χ0n) is 16.1. The van der Waals surface area contributed by atoms with E-state index in [1.54, 1.807) is 0 Å². The molecular formula is C24H24N2O2. The minimum absolute atomic E-state index is 0.0337. The van der Waals surface area contributed by atoms with Crippen LogP contribution in [0.2, 0.25) is 0 Å². The first-order valence-corrected chi connectivity index (χ1v) is 9.80. The van der Waals surface area contributed by atoms with Crippen molar-refractivity contribution in [2.45, 2.75) is 32.7 Å². The Balaban J connectivity index is 1.49. The summed E-state index contributed by atoms with van der Waals surface area (Å²) in [4.78, 5) is 26.5. The third kappa shape index (κ3) is 3.77. The number of nitrogens with one attached hydrogen (secondary N) is 1. The van der Waals surface area contributed by atoms with Crippen LogP contribution in [0.4, 0.5) is 5.69 Å². The molecule has 4 rings (SSSR count). The Morgan fingerprint density at radius 1 is 1.00 bits per heavy atom. The SMILES string of the molecule is CCC(=O)N1CCc2ccc(NC(=O)Cc3cccc4ccccc34)cc2C1. The van der Waals surface area contributed by atoms with Gasteiger partial charge in [0.2, 0.25) is 11.8 Å². The van der Waals surface area contributed by atoms with Gasteiger partial charge in [-0.3, -0.25) is 9.59 Å². The molecule has 3 aromatic rings. The molecule has 0 spiro atoms. The number of rotatable bonds is 4. The Morgan fingerprint density at radius 2 is 1.82 bits per heavy atom. The Morgan fingerprint density at radius 3 is 2.68 bits per heavy atom. The average Bonchev–Trinajstić information content (AvgIpc) is 2.73. The lowest BCUT2D eigenvalue weighted by molar-refractivity contribution is -0.131. The lowest BCUT2D eigenvalue weighted by Crippen LogP contribution is -2.35. The number of anilines is 1. The van der Waals surface area contributed by atoms with Crippen LogP contribution in [0.5, 0.6) is 0 Å². The number of nitrogens with zero attached hydrogens (tertiary/aromatic N) is 1. The number of carbonyl (C=O) groups excluding carboxylic acids is 2. The minimum atomic E-state index is -0.0337. The highest BCUT2D eigenvalue weighted by Gasteiger charge is 2.20. The van der Waals surface area contributed by atoms with Crippen molar-refractivity contribution in [3.63, 3.8) is 0 Å². The number of hydrogen-bond donors (Lipinski definition) is 1. The van der Waals surface area contributed by atoms with Gasteiger partial charge in [0.15, 0.2) is 0 Å². The van der Waals surface area contributed by atoms with E-state index in [0.29, 0.717) is 19.4 Å². The molecule has 0 atom stereocenters. The molecule has 4 nitrogen and oxygen atoms in total. The van der Waals surface area contributed by atoms with Crippen LogP contribution >= 0.6 is 0 Å². The van der Waals surface area contributed by atoms with Gasteiger partial charge in [0, 0.05) is 25.2 Å². The van der Waals surface area contributed by atoms with Crippen LogP contribution in [0.1, 0.15) is 30.0 Å². The molecule has 3 aromatic carbocycles. The summed E-state index contributed by atoms with van der Waals surface area (Å²) in [6.07, 6.45) is 1.72. The van der Waals surface area contributed by atoms with Gasteiger partial charge in [-0.2, -0.15) is 0 Å². The third-order valence-electron chi connectivity index (χ3n) is 5.39. The van der Waals surface area contributed by atoms with Crippen LogP contribution in [0.15, 0.2) is 60.7 Å². The second-order valence-electron chi connectivity index (χ2n) is 7.27. The lowest BCUT2D eigenvalue weighted by atomic mass is 9.98. The molecule has 1 N–H and O–H groups in total. The first-order valence-electron chi connectivity index (χ1n) is 9.80. The molecule has 28 heavy (non-hydrogen) atoms. The zero-order chi connectivity index (χ0) is 19.5. The summed E-state index contributed by atoms with van der Waals surface area (Å²) < 4.78 is 0. The van der Waals surface area contributed by atoms with Crippen LogP contribution in [-0.2, 0) is 29.0 Å². The van der Waals surface area contributed by atoms with Crippen molar-refractivity contribution < 1.29 is 9.59 Å². The molecule has 0 fully saturated rings. The first-order chi connectivity index (χ1) is 13.6. The monoisotopic (exact) mass is 372 g/mol. The molecule has 0 aliphatic carbocycles. The molecule has 4 heteroatoms. The molecular weight excluding hydrogens is 348 g/mol. The fraction of sp³-hybridized carbons (Fsp3) is 0.250. The molecule has 1 aliphatic heterocycles. The van der Waals surface area contributed by atoms with Crippen LogP contribution < -0.4 is 5.32 Å². The fourth-order valence-electron chi connectivity index (χ4n) is 3.90. The molecule has 2 amide bonds. The van der Waals surface area contributed by atoms with E-state index in [1.807, 2.05) is 48.2 Å². The molecule has 142 valence electrons. The Bertz CT molecular complexity index is 1040. The predicted octanol–water partition coefficient (Wildman–Crippen LogP) is 4.32. The molecule has 0 unspecified atom stereocenters. The highest BCUT2D eigenvalue weighted by molar-refractivity contribution is 5.96. The van der Waals surface area contributed by atoms with E-state index in [0.717, 1.165) is 40.6 Å². The topological polar surface area (TPSA) is 49.4 Å². The second kappa shape index (κ2) is 7.85. The number of fused-ring (bicyclic) bond motifs is 2. The minimum Gasteiger partial charge on any atom is -0.338 e. The van der Waals surface area contributed by atoms with Crippen LogP contribution in [0.25, 0.3) is 10.8 Å². The number of hydrogen-bond acceptors (Lipinski definition) is 2. The van der Waals surface area contributed by atoms with Crippen LogP contribution in [0, 0.1) is 0 Å². The van der Waals surface area contributed by atoms with Gasteiger partial charge < -0.3 is 10.2 Å². The van der Waals surface area contributed by atoms with Gasteiger partial charge in [0.05, 0.1) is 6.42 Å². The standard InChI is InChI=1S/C24H24N2O2/c1-2-24(28)26-13-12-17-10-11-21(14-20(17)16-26)25-23(27)15-19-8-5-7-18-6-3-4-9-22(18)19/h3-11,14H,2,12-13,15-16H2,1H3,(H,25,27). The van der Waals surface area contributed by atoms with Crippen molar-refractivity contribution in [2.75, 3.05) is 11.9 Å². The highest BCUT2D eigenvalue weighted by atomic mass is 16.2. The van der Waals surface area contributed by atoms with E-state index >= 15 is 0 Å². The summed E-state index contributed by atoms with van der Waals surface area (Å²) in [5, 5.41) is 5.27. The van der Waals surface area contributed by atoms with Crippen molar-refractivity contribution in [1.29, 1.82) is 0 Å². The molecule has 0 saturated heterocycles. The van der Waals surface area contributed by atoms with E-state index in [1.165, 1.54) is 5.56 Å². The van der Waals surface area contributed by atoms with Gasteiger partial charge >= 0.3 is 0 Å². The van der Waals surface area contributed by atoms with Gasteiger partial charge in [-0.25, -0.2) is 0 Å². The molecule has 1 heterocycles. The maximum atomic E-state index is 12.6. The summed E-state index contributed by atoms with van der Waals surface area (Å²) in [5.74, 6) is 0.143. The van der Waals surface area contributed by atoms with Crippen molar-refractivity contribution in [1.82, 2.24) is 4.90 Å². The van der Waals surface area contributed by atoms with Gasteiger partial charge in [-0.05, 0) is 46.0 Å². The van der Waals surface area contributed by atoms with E-state index < -0.39 is 0 Å². The van der Waals surface area contributed by atoms with Crippen LogP contribution in [-0.4, -0.2) is 23.3 Å². The summed E-state index contributed by atoms with van der Waals surface area (Å²) in [6, 6.07) is 20.2. The lowest BCUT2D eigenvalue weighted by Gasteiger charge is -2.29. The van der Waals surface area contributed by atoms with Gasteiger partial charge in [-0.15, -0.1) is 0 Å². The predicted molar refractivity (Wildman–Crippen MR) is 112 cm³/mol. The molecule has 0 bridgehead atoms. The van der Waals surface area contributed by atoms with Gasteiger partial charge in [0.25, 0.3) is 0 Å². The molecule has 0 radical (unpaired) electrons. The first kappa shape index (κ1) is 18.2. The summed E-state index contributed by atoms with van der Waals surface area (Å²) >= 11 is 0. The quantitative estimate of drug-likeness (QED) is 0.742. The number of benzene rings is 3. The Kier molecular flexibility index (Phi) is 5.11. The number of amides is 2. The normalized spacial score (nSPS) is 13.2. The third-order valence-corrected chi connectivity index (χ3v) is 5.39. The smallest absolute Gasteiger partial charge is 0.228 e. The van der Waals surface area contributed by atoms with Crippen molar-refractivity contribution in [3.8, 4) is 0 Å². The summed E-state index contributed by atoms with van der Waals surface area (Å²) in [5.41, 5.74) is 4.19. The molecule has 0 aromatic heterocycles. The van der Waals surface area contributed by atoms with Gasteiger partial charge in [0.1, 0.15) is 0 Å².